The van der Waals surface area contributed by atoms with Gasteiger partial charge < -0.3 is 14.7 Å². The van der Waals surface area contributed by atoms with E-state index in [0.717, 1.165) is 0 Å². The lowest BCUT2D eigenvalue weighted by Gasteiger charge is -2.37. The Morgan fingerprint density at radius 1 is 1.53 bits per heavy atom. The van der Waals surface area contributed by atoms with Crippen molar-refractivity contribution >= 4 is 5.91 Å². The predicted molar refractivity (Wildman–Crippen MR) is 49.0 cm³/mol. The van der Waals surface area contributed by atoms with Gasteiger partial charge in [-0.1, -0.05) is 0 Å². The molecule has 0 aromatic heterocycles. The fourth-order valence-corrected chi connectivity index (χ4v) is 1.62. The summed E-state index contributed by atoms with van der Waals surface area (Å²) in [6.45, 7) is 0.524. The van der Waals surface area contributed by atoms with Crippen LogP contribution in [0.3, 0.4) is 0 Å². The minimum absolute atomic E-state index is 0.197. The Kier molecular flexibility index (Phi) is 4.31. The molecule has 8 heteroatoms. The van der Waals surface area contributed by atoms with Crippen LogP contribution in [0.15, 0.2) is 0 Å². The molecule has 4 nitrogen and oxygen atoms in total. The average Bonchev–Trinajstić information content (AvgIpc) is 2.26. The molecule has 100 valence electrons. The molecule has 2 unspecified atom stereocenters. The number of alkyl halides is 4. The molecule has 0 aromatic carbocycles. The van der Waals surface area contributed by atoms with E-state index in [-0.39, 0.29) is 13.1 Å². The van der Waals surface area contributed by atoms with Crippen LogP contribution in [0.1, 0.15) is 6.92 Å². The lowest BCUT2D eigenvalue weighted by atomic mass is 10.2. The number of aliphatic hydroxyl groups is 1. The first-order valence-corrected chi connectivity index (χ1v) is 5.00. The zero-order valence-corrected chi connectivity index (χ0v) is 9.08. The van der Waals surface area contributed by atoms with Gasteiger partial charge in [-0.3, -0.25) is 4.79 Å². The van der Waals surface area contributed by atoms with Gasteiger partial charge in [-0.25, -0.2) is 8.78 Å². The van der Waals surface area contributed by atoms with Crippen LogP contribution in [0.2, 0.25) is 0 Å². The van der Waals surface area contributed by atoms with E-state index < -0.39 is 37.1 Å². The zero-order chi connectivity index (χ0) is 13.2. The van der Waals surface area contributed by atoms with Gasteiger partial charge in [0.05, 0.1) is 18.8 Å². The van der Waals surface area contributed by atoms with E-state index >= 15 is 0 Å². The number of hydrogen-bond acceptors (Lipinski definition) is 3. The van der Waals surface area contributed by atoms with Crippen molar-refractivity contribution in [3.8, 4) is 0 Å². The molecule has 2 atom stereocenters. The van der Waals surface area contributed by atoms with Gasteiger partial charge in [-0.15, -0.1) is 0 Å². The van der Waals surface area contributed by atoms with Gasteiger partial charge in [0, 0.05) is 13.1 Å². The SMILES string of the molecule is CC1CN(C(=O)C(F)(F)C(F)F)CC(CO)O1. The first kappa shape index (κ1) is 14.2. The number of aliphatic hydroxyl groups excluding tert-OH is 1. The summed E-state index contributed by atoms with van der Waals surface area (Å²) >= 11 is 0. The molecule has 17 heavy (non-hydrogen) atoms. The smallest absolute Gasteiger partial charge is 0.383 e. The highest BCUT2D eigenvalue weighted by Gasteiger charge is 2.52. The van der Waals surface area contributed by atoms with Crippen LogP contribution in [-0.2, 0) is 9.53 Å². The Bertz CT molecular complexity index is 287. The zero-order valence-electron chi connectivity index (χ0n) is 9.08. The normalized spacial score (nSPS) is 26.4. The standard InChI is InChI=1S/C9H13F4NO3/c1-5-2-14(3-6(4-15)17-5)8(16)9(12,13)7(10)11/h5-7,15H,2-4H2,1H3. The van der Waals surface area contributed by atoms with Crippen LogP contribution < -0.4 is 0 Å². The number of hydrogen-bond donors (Lipinski definition) is 1. The van der Waals surface area contributed by atoms with Crippen molar-refractivity contribution in [3.63, 3.8) is 0 Å². The quantitative estimate of drug-likeness (QED) is 0.751. The lowest BCUT2D eigenvalue weighted by molar-refractivity contribution is -0.190. The summed E-state index contributed by atoms with van der Waals surface area (Å²) in [5.74, 6) is -6.63. The van der Waals surface area contributed by atoms with E-state index in [1.807, 2.05) is 0 Å². The van der Waals surface area contributed by atoms with Gasteiger partial charge in [0.25, 0.3) is 5.91 Å². The number of halogens is 4. The van der Waals surface area contributed by atoms with Gasteiger partial charge in [-0.2, -0.15) is 8.78 Å². The maximum atomic E-state index is 12.8. The topological polar surface area (TPSA) is 49.8 Å². The summed E-state index contributed by atoms with van der Waals surface area (Å²) in [6.07, 6.45) is -5.45. The highest BCUT2D eigenvalue weighted by Crippen LogP contribution is 2.27. The fraction of sp³-hybridized carbons (Fsp3) is 0.889. The molecule has 1 saturated heterocycles. The van der Waals surface area contributed by atoms with Crippen molar-refractivity contribution in [1.82, 2.24) is 4.90 Å². The summed E-state index contributed by atoms with van der Waals surface area (Å²) < 4.78 is 54.8. The second-order valence-electron chi connectivity index (χ2n) is 3.89. The van der Waals surface area contributed by atoms with E-state index in [2.05, 4.69) is 0 Å². The van der Waals surface area contributed by atoms with Gasteiger partial charge in [0.2, 0.25) is 0 Å². The van der Waals surface area contributed by atoms with Crippen LogP contribution in [0.5, 0.6) is 0 Å². The van der Waals surface area contributed by atoms with Crippen LogP contribution in [0, 0.1) is 0 Å². The third-order valence-corrected chi connectivity index (χ3v) is 2.38. The largest absolute Gasteiger partial charge is 0.394 e. The summed E-state index contributed by atoms with van der Waals surface area (Å²) in [5.41, 5.74) is 0. The molecule has 1 rings (SSSR count). The minimum atomic E-state index is -4.70. The summed E-state index contributed by atoms with van der Waals surface area (Å²) in [4.78, 5) is 11.8. The van der Waals surface area contributed by atoms with Crippen molar-refractivity contribution in [2.75, 3.05) is 19.7 Å². The summed E-state index contributed by atoms with van der Waals surface area (Å²) in [7, 11) is 0. The molecule has 0 radical (unpaired) electrons. The van der Waals surface area contributed by atoms with Gasteiger partial charge in [0.1, 0.15) is 0 Å². The maximum Gasteiger partial charge on any atom is 0.383 e. The molecule has 1 aliphatic rings. The van der Waals surface area contributed by atoms with Crippen molar-refractivity contribution < 1.29 is 32.2 Å². The predicted octanol–water partition coefficient (Wildman–Crippen LogP) is 0.495. The van der Waals surface area contributed by atoms with Gasteiger partial charge in [0.15, 0.2) is 0 Å². The molecule has 1 fully saturated rings. The number of nitrogens with zero attached hydrogens (tertiary/aromatic N) is 1. The Morgan fingerprint density at radius 2 is 2.12 bits per heavy atom. The third-order valence-electron chi connectivity index (χ3n) is 2.38. The Morgan fingerprint density at radius 3 is 2.59 bits per heavy atom. The van der Waals surface area contributed by atoms with Gasteiger partial charge in [-0.05, 0) is 6.92 Å². The minimum Gasteiger partial charge on any atom is -0.394 e. The molecular weight excluding hydrogens is 246 g/mol. The van der Waals surface area contributed by atoms with Crippen molar-refractivity contribution in [1.29, 1.82) is 0 Å². The number of morpholine rings is 1. The summed E-state index contributed by atoms with van der Waals surface area (Å²) in [6, 6.07) is 0. The number of carbonyl (C=O) groups is 1. The molecule has 1 amide bonds. The highest BCUT2D eigenvalue weighted by atomic mass is 19.3. The molecular formula is C9H13F4NO3. The van der Waals surface area contributed by atoms with E-state index in [1.54, 1.807) is 0 Å². The molecule has 0 spiro atoms. The van der Waals surface area contributed by atoms with Crippen LogP contribution in [0.25, 0.3) is 0 Å². The van der Waals surface area contributed by atoms with Gasteiger partial charge >= 0.3 is 12.3 Å². The monoisotopic (exact) mass is 259 g/mol. The molecule has 0 saturated carbocycles. The third kappa shape index (κ3) is 3.06. The molecule has 0 aromatic rings. The van der Waals surface area contributed by atoms with Crippen molar-refractivity contribution in [2.24, 2.45) is 0 Å². The Hall–Kier alpha value is -0.890. The summed E-state index contributed by atoms with van der Waals surface area (Å²) in [5, 5.41) is 8.82. The first-order valence-electron chi connectivity index (χ1n) is 5.00. The van der Waals surface area contributed by atoms with E-state index in [9.17, 15) is 22.4 Å². The highest BCUT2D eigenvalue weighted by molar-refractivity contribution is 5.84. The second-order valence-corrected chi connectivity index (χ2v) is 3.89. The second kappa shape index (κ2) is 5.18. The molecule has 1 N–H and O–H groups in total. The van der Waals surface area contributed by atoms with Crippen molar-refractivity contribution in [3.05, 3.63) is 0 Å². The number of rotatable bonds is 3. The van der Waals surface area contributed by atoms with Crippen LogP contribution >= 0.6 is 0 Å². The van der Waals surface area contributed by atoms with Crippen LogP contribution in [-0.4, -0.2) is 60.2 Å². The van der Waals surface area contributed by atoms with Crippen molar-refractivity contribution in [2.45, 2.75) is 31.5 Å². The lowest BCUT2D eigenvalue weighted by Crippen LogP contribution is -2.56. The molecule has 0 aliphatic carbocycles. The van der Waals surface area contributed by atoms with E-state index in [0.29, 0.717) is 4.90 Å². The molecule has 1 heterocycles. The molecule has 1 aliphatic heterocycles. The van der Waals surface area contributed by atoms with E-state index in [4.69, 9.17) is 9.84 Å². The maximum absolute atomic E-state index is 12.8. The molecule has 0 bridgehead atoms. The average molecular weight is 259 g/mol. The van der Waals surface area contributed by atoms with Crippen LogP contribution in [0.4, 0.5) is 17.6 Å². The number of ether oxygens (including phenoxy) is 1. The fourth-order valence-electron chi connectivity index (χ4n) is 1.62. The van der Waals surface area contributed by atoms with E-state index in [1.165, 1.54) is 6.92 Å². The Balaban J connectivity index is 2.75. The number of carbonyl (C=O) groups excluding carboxylic acids is 1. The number of amides is 1. The first-order chi connectivity index (χ1) is 7.78. The Labute approximate surface area is 95.1 Å².